The lowest BCUT2D eigenvalue weighted by Crippen LogP contribution is -2.71. The van der Waals surface area contributed by atoms with Gasteiger partial charge in [-0.3, -0.25) is 14.5 Å². The highest BCUT2D eigenvalue weighted by molar-refractivity contribution is 8.01. The largest absolute Gasteiger partial charge is 0.477 e. The first kappa shape index (κ1) is 25.8. The maximum atomic E-state index is 13.0. The standard InChI is InChI=1S/C21H23N7O5S3/c1-26(2)27-6-4-12(5-7-27)34-8-11-9-35-19-15(18(30)28(19)16(11)20(31)32)24-17(29)14(25-33-3)13-10-36-21(22)23-13/h4-7,10,15,19H,8-9H2,1-3H3,(H3-,22,23,24,29,31,32)/p+1/b25-14-/t15-,19-/m1/s1. The van der Waals surface area contributed by atoms with Crippen LogP contribution in [0.15, 0.2) is 51.2 Å². The van der Waals surface area contributed by atoms with Gasteiger partial charge in [0.15, 0.2) is 10.8 Å². The molecule has 4 rings (SSSR count). The molecule has 36 heavy (non-hydrogen) atoms. The van der Waals surface area contributed by atoms with E-state index in [1.807, 2.05) is 48.3 Å². The lowest BCUT2D eigenvalue weighted by molar-refractivity contribution is -0.687. The Morgan fingerprint density at radius 3 is 2.72 bits per heavy atom. The second-order valence-electron chi connectivity index (χ2n) is 7.86. The van der Waals surface area contributed by atoms with E-state index in [2.05, 4.69) is 15.5 Å². The van der Waals surface area contributed by atoms with Crippen LogP contribution in [0.25, 0.3) is 0 Å². The van der Waals surface area contributed by atoms with E-state index in [0.29, 0.717) is 17.1 Å². The molecule has 2 aromatic rings. The van der Waals surface area contributed by atoms with Crippen LogP contribution in [-0.4, -0.2) is 82.6 Å². The van der Waals surface area contributed by atoms with Crippen molar-refractivity contribution >= 4 is 63.5 Å². The van der Waals surface area contributed by atoms with E-state index in [1.165, 1.54) is 35.5 Å². The Morgan fingerprint density at radius 2 is 2.14 bits per heavy atom. The molecule has 1 fully saturated rings. The average Bonchev–Trinajstić information content (AvgIpc) is 3.29. The summed E-state index contributed by atoms with van der Waals surface area (Å²) in [5, 5.41) is 19.4. The van der Waals surface area contributed by atoms with E-state index in [1.54, 1.807) is 5.38 Å². The van der Waals surface area contributed by atoms with Crippen molar-refractivity contribution in [2.45, 2.75) is 16.3 Å². The first-order chi connectivity index (χ1) is 17.2. The molecule has 0 spiro atoms. The molecular formula is C21H24N7O5S3+. The van der Waals surface area contributed by atoms with Gasteiger partial charge in [-0.15, -0.1) is 34.9 Å². The van der Waals surface area contributed by atoms with Crippen molar-refractivity contribution in [3.05, 3.63) is 46.9 Å². The third-order valence-corrected chi connectivity index (χ3v) is 8.47. The number of nitrogens with one attached hydrogen (secondary N) is 1. The third kappa shape index (κ3) is 5.12. The van der Waals surface area contributed by atoms with Crippen molar-refractivity contribution in [1.82, 2.24) is 15.2 Å². The summed E-state index contributed by atoms with van der Waals surface area (Å²) in [5.74, 6) is -1.50. The monoisotopic (exact) mass is 550 g/mol. The number of carboxylic acids is 1. The number of carbonyl (C=O) groups is 3. The highest BCUT2D eigenvalue weighted by Gasteiger charge is 2.54. The summed E-state index contributed by atoms with van der Waals surface area (Å²) < 4.78 is 1.91. The van der Waals surface area contributed by atoms with Gasteiger partial charge in [-0.2, -0.15) is 5.01 Å². The molecule has 4 N–H and O–H groups in total. The maximum Gasteiger partial charge on any atom is 0.352 e. The van der Waals surface area contributed by atoms with Gasteiger partial charge in [0.1, 0.15) is 29.9 Å². The number of oxime groups is 1. The van der Waals surface area contributed by atoms with Crippen LogP contribution in [0, 0.1) is 0 Å². The van der Waals surface area contributed by atoms with Crippen LogP contribution in [0.5, 0.6) is 0 Å². The highest BCUT2D eigenvalue weighted by atomic mass is 32.2. The molecule has 190 valence electrons. The fraction of sp³-hybridized carbons (Fsp3) is 0.333. The number of amides is 2. The number of nitrogens with two attached hydrogens (primary N) is 1. The van der Waals surface area contributed by atoms with Crippen molar-refractivity contribution in [2.75, 3.05) is 43.5 Å². The molecule has 0 bridgehead atoms. The number of rotatable bonds is 9. The van der Waals surface area contributed by atoms with Crippen LogP contribution in [0.1, 0.15) is 5.69 Å². The zero-order chi connectivity index (χ0) is 26.0. The van der Waals surface area contributed by atoms with Gasteiger partial charge < -0.3 is 21.0 Å². The minimum atomic E-state index is -1.17. The Hall–Kier alpha value is -3.30. The molecule has 1 saturated heterocycles. The second-order valence-corrected chi connectivity index (χ2v) is 10.9. The summed E-state index contributed by atoms with van der Waals surface area (Å²) in [6, 6.07) is 2.99. The summed E-state index contributed by atoms with van der Waals surface area (Å²) in [4.78, 5) is 49.0. The van der Waals surface area contributed by atoms with Gasteiger partial charge in [0.2, 0.25) is 12.4 Å². The summed E-state index contributed by atoms with van der Waals surface area (Å²) in [7, 11) is 5.13. The number of β-lactam (4-membered cyclic amide) rings is 1. The minimum Gasteiger partial charge on any atom is -0.477 e. The molecule has 12 nitrogen and oxygen atoms in total. The summed E-state index contributed by atoms with van der Waals surface area (Å²) >= 11 is 4.04. The lowest BCUT2D eigenvalue weighted by atomic mass is 10.0. The number of pyridine rings is 1. The number of thiazole rings is 1. The van der Waals surface area contributed by atoms with Crippen LogP contribution in [0.3, 0.4) is 0 Å². The molecule has 0 radical (unpaired) electrons. The molecule has 0 saturated carbocycles. The summed E-state index contributed by atoms with van der Waals surface area (Å²) in [6.45, 7) is 0. The zero-order valence-electron chi connectivity index (χ0n) is 19.6. The fourth-order valence-electron chi connectivity index (χ4n) is 3.63. The van der Waals surface area contributed by atoms with Crippen molar-refractivity contribution in [1.29, 1.82) is 0 Å². The normalized spacial score (nSPS) is 19.5. The SMILES string of the molecule is CO/N=C(\C(=O)N[C@@H]1C(=O)N2C(C(=O)O)=C(CSc3cc[n+](N(C)C)cc3)CS[C@H]12)c1csc(N)n1. The van der Waals surface area contributed by atoms with Crippen LogP contribution in [0.2, 0.25) is 0 Å². The van der Waals surface area contributed by atoms with E-state index in [-0.39, 0.29) is 22.2 Å². The molecule has 15 heteroatoms. The number of aliphatic carboxylic acids is 1. The van der Waals surface area contributed by atoms with Crippen molar-refractivity contribution in [2.24, 2.45) is 5.16 Å². The number of hydrogen-bond acceptors (Lipinski definition) is 11. The smallest absolute Gasteiger partial charge is 0.352 e. The number of anilines is 1. The zero-order valence-corrected chi connectivity index (χ0v) is 22.0. The van der Waals surface area contributed by atoms with Gasteiger partial charge in [-0.25, -0.2) is 9.78 Å². The van der Waals surface area contributed by atoms with Crippen molar-refractivity contribution in [3.8, 4) is 0 Å². The number of fused-ring (bicyclic) bond motifs is 1. The Labute approximate surface area is 219 Å². The number of hydrogen-bond donors (Lipinski definition) is 3. The minimum absolute atomic E-state index is 0.0286. The Bertz CT molecular complexity index is 1240. The first-order valence-electron chi connectivity index (χ1n) is 10.6. The fourth-order valence-corrected chi connectivity index (χ4v) is 6.55. The first-order valence-corrected chi connectivity index (χ1v) is 13.5. The lowest BCUT2D eigenvalue weighted by Gasteiger charge is -2.49. The maximum absolute atomic E-state index is 13.0. The number of carboxylic acid groups (broad SMARTS) is 1. The molecular weight excluding hydrogens is 526 g/mol. The van der Waals surface area contributed by atoms with E-state index in [9.17, 15) is 19.5 Å². The topological polar surface area (TPSA) is 154 Å². The molecule has 0 aromatic carbocycles. The number of carbonyl (C=O) groups excluding carboxylic acids is 2. The van der Waals surface area contributed by atoms with Crippen LogP contribution in [-0.2, 0) is 19.2 Å². The van der Waals surface area contributed by atoms with E-state index < -0.39 is 29.2 Å². The second kappa shape index (κ2) is 10.8. The molecule has 2 aliphatic heterocycles. The van der Waals surface area contributed by atoms with Gasteiger partial charge in [0.05, 0.1) is 14.1 Å². The Kier molecular flexibility index (Phi) is 7.70. The highest BCUT2D eigenvalue weighted by Crippen LogP contribution is 2.41. The van der Waals surface area contributed by atoms with Gasteiger partial charge >= 0.3 is 5.97 Å². The predicted molar refractivity (Wildman–Crippen MR) is 137 cm³/mol. The van der Waals surface area contributed by atoms with Crippen LogP contribution >= 0.6 is 34.9 Å². The number of thioether (sulfide) groups is 2. The molecule has 2 aliphatic rings. The van der Waals surface area contributed by atoms with Crippen molar-refractivity contribution in [3.63, 3.8) is 0 Å². The third-order valence-electron chi connectivity index (χ3n) is 5.36. The Balaban J connectivity index is 1.46. The quantitative estimate of drug-likeness (QED) is 0.129. The molecule has 4 heterocycles. The molecule has 2 aromatic heterocycles. The van der Waals surface area contributed by atoms with Gasteiger partial charge in [-0.05, 0) is 5.57 Å². The number of nitrogen functional groups attached to an aromatic ring is 1. The average molecular weight is 551 g/mol. The van der Waals surface area contributed by atoms with Crippen LogP contribution < -0.4 is 20.7 Å². The predicted octanol–water partition coefficient (Wildman–Crippen LogP) is 0.0918. The van der Waals surface area contributed by atoms with Gasteiger partial charge in [0, 0.05) is 33.9 Å². The molecule has 2 atom stereocenters. The Morgan fingerprint density at radius 1 is 1.42 bits per heavy atom. The van der Waals surface area contributed by atoms with Crippen molar-refractivity contribution < 1.29 is 29.0 Å². The summed E-state index contributed by atoms with van der Waals surface area (Å²) in [5.41, 5.74) is 6.37. The molecule has 0 unspecified atom stereocenters. The van der Waals surface area contributed by atoms with E-state index >= 15 is 0 Å². The van der Waals surface area contributed by atoms with Crippen LogP contribution in [0.4, 0.5) is 5.13 Å². The van der Waals surface area contributed by atoms with E-state index in [0.717, 1.165) is 16.2 Å². The molecule has 2 amide bonds. The van der Waals surface area contributed by atoms with Gasteiger partial charge in [-0.1, -0.05) is 9.83 Å². The number of aromatic nitrogens is 2. The van der Waals surface area contributed by atoms with Gasteiger partial charge in [0.25, 0.3) is 11.8 Å². The molecule has 0 aliphatic carbocycles. The number of nitrogens with zero attached hydrogens (tertiary/aromatic N) is 5. The van der Waals surface area contributed by atoms with E-state index in [4.69, 9.17) is 10.6 Å². The summed E-state index contributed by atoms with van der Waals surface area (Å²) in [6.07, 6.45) is 3.82.